The number of rotatable bonds is 5. The van der Waals surface area contributed by atoms with Crippen LogP contribution in [0, 0.1) is 12.3 Å². The fourth-order valence-electron chi connectivity index (χ4n) is 1.96. The van der Waals surface area contributed by atoms with E-state index in [1.807, 2.05) is 0 Å². The van der Waals surface area contributed by atoms with Crippen LogP contribution in [-0.4, -0.2) is 12.6 Å². The summed E-state index contributed by atoms with van der Waals surface area (Å²) in [6.45, 7) is -0.283. The first-order valence-electron chi connectivity index (χ1n) is 7.00. The number of hydrogen-bond donors (Lipinski definition) is 0. The molecule has 1 unspecified atom stereocenters. The predicted octanol–water partition coefficient (Wildman–Crippen LogP) is 4.66. The minimum Gasteiger partial charge on any atom is -0.474 e. The number of alkyl halides is 3. The van der Waals surface area contributed by atoms with Crippen molar-refractivity contribution in [3.8, 4) is 18.1 Å². The van der Waals surface area contributed by atoms with E-state index in [4.69, 9.17) is 27.5 Å². The van der Waals surface area contributed by atoms with Gasteiger partial charge >= 0.3 is 12.1 Å². The smallest absolute Gasteiger partial charge is 0.416 e. The molecule has 0 aromatic heterocycles. The summed E-state index contributed by atoms with van der Waals surface area (Å²) < 4.78 is 48.7. The van der Waals surface area contributed by atoms with Crippen LogP contribution in [0.3, 0.4) is 0 Å². The SMILES string of the molecule is C#CCOC(=O)C(Oc1cccc(C(F)(F)F)c1)c1ccc(Cl)cc1. The van der Waals surface area contributed by atoms with Crippen molar-refractivity contribution in [2.24, 2.45) is 0 Å². The molecule has 0 aliphatic carbocycles. The van der Waals surface area contributed by atoms with Crippen molar-refractivity contribution in [3.63, 3.8) is 0 Å². The highest BCUT2D eigenvalue weighted by atomic mass is 35.5. The van der Waals surface area contributed by atoms with Gasteiger partial charge in [-0.3, -0.25) is 0 Å². The largest absolute Gasteiger partial charge is 0.474 e. The van der Waals surface area contributed by atoms with Crippen LogP contribution in [0.15, 0.2) is 48.5 Å². The molecule has 0 amide bonds. The third-order valence-corrected chi connectivity index (χ3v) is 3.35. The summed E-state index contributed by atoms with van der Waals surface area (Å²) in [5.74, 6) is 1.18. The average molecular weight is 369 g/mol. The molecule has 0 spiro atoms. The predicted molar refractivity (Wildman–Crippen MR) is 86.1 cm³/mol. The highest BCUT2D eigenvalue weighted by molar-refractivity contribution is 6.30. The normalized spacial score (nSPS) is 12.1. The summed E-state index contributed by atoms with van der Waals surface area (Å²) in [4.78, 5) is 12.2. The van der Waals surface area contributed by atoms with E-state index in [1.165, 1.54) is 36.4 Å². The Morgan fingerprint density at radius 1 is 1.20 bits per heavy atom. The summed E-state index contributed by atoms with van der Waals surface area (Å²) >= 11 is 5.80. The second kappa shape index (κ2) is 7.95. The number of hydrogen-bond acceptors (Lipinski definition) is 3. The van der Waals surface area contributed by atoms with Crippen molar-refractivity contribution in [1.29, 1.82) is 0 Å². The van der Waals surface area contributed by atoms with Gasteiger partial charge in [-0.15, -0.1) is 6.42 Å². The molecule has 2 aromatic rings. The Balaban J connectivity index is 2.31. The maximum atomic E-state index is 12.8. The number of terminal acetylenes is 1. The molecule has 0 radical (unpaired) electrons. The van der Waals surface area contributed by atoms with Crippen LogP contribution in [0.4, 0.5) is 13.2 Å². The minimum atomic E-state index is -4.53. The van der Waals surface area contributed by atoms with Gasteiger partial charge < -0.3 is 9.47 Å². The number of benzene rings is 2. The Kier molecular flexibility index (Phi) is 5.94. The number of ether oxygens (including phenoxy) is 2. The van der Waals surface area contributed by atoms with E-state index in [9.17, 15) is 18.0 Å². The Morgan fingerprint density at radius 3 is 2.48 bits per heavy atom. The first kappa shape index (κ1) is 18.7. The highest BCUT2D eigenvalue weighted by Crippen LogP contribution is 2.33. The fraction of sp³-hybridized carbons (Fsp3) is 0.167. The molecule has 1 atom stereocenters. The molecule has 3 nitrogen and oxygen atoms in total. The number of carbonyl (C=O) groups is 1. The third-order valence-electron chi connectivity index (χ3n) is 3.10. The molecule has 0 aliphatic heterocycles. The highest BCUT2D eigenvalue weighted by Gasteiger charge is 2.31. The summed E-state index contributed by atoms with van der Waals surface area (Å²) in [6, 6.07) is 10.3. The molecular formula is C18H12ClF3O3. The van der Waals surface area contributed by atoms with Crippen molar-refractivity contribution in [3.05, 3.63) is 64.7 Å². The van der Waals surface area contributed by atoms with E-state index in [1.54, 1.807) is 0 Å². The van der Waals surface area contributed by atoms with Crippen molar-refractivity contribution < 1.29 is 27.4 Å². The maximum Gasteiger partial charge on any atom is 0.416 e. The van der Waals surface area contributed by atoms with Gasteiger partial charge in [-0.25, -0.2) is 4.79 Å². The first-order valence-corrected chi connectivity index (χ1v) is 7.38. The molecule has 0 aliphatic rings. The molecule has 7 heteroatoms. The monoisotopic (exact) mass is 368 g/mol. The number of carbonyl (C=O) groups excluding carboxylic acids is 1. The van der Waals surface area contributed by atoms with Crippen LogP contribution in [0.1, 0.15) is 17.2 Å². The Labute approximate surface area is 147 Å². The second-order valence-electron chi connectivity index (χ2n) is 4.89. The summed E-state index contributed by atoms with van der Waals surface area (Å²) in [5, 5.41) is 0.429. The van der Waals surface area contributed by atoms with Gasteiger partial charge in [0, 0.05) is 10.6 Å². The van der Waals surface area contributed by atoms with Crippen molar-refractivity contribution in [2.45, 2.75) is 12.3 Å². The van der Waals surface area contributed by atoms with E-state index < -0.39 is 23.8 Å². The van der Waals surface area contributed by atoms with Crippen LogP contribution in [-0.2, 0) is 15.7 Å². The molecule has 130 valence electrons. The fourth-order valence-corrected chi connectivity index (χ4v) is 2.09. The van der Waals surface area contributed by atoms with E-state index in [0.29, 0.717) is 10.6 Å². The second-order valence-corrected chi connectivity index (χ2v) is 5.32. The Hall–Kier alpha value is -2.65. The van der Waals surface area contributed by atoms with Crippen LogP contribution < -0.4 is 4.74 Å². The Bertz CT molecular complexity index is 779. The molecule has 2 aromatic carbocycles. The summed E-state index contributed by atoms with van der Waals surface area (Å²) in [5.41, 5.74) is -0.527. The summed E-state index contributed by atoms with van der Waals surface area (Å²) in [6.07, 6.45) is -0.767. The van der Waals surface area contributed by atoms with E-state index in [-0.39, 0.29) is 12.4 Å². The topological polar surface area (TPSA) is 35.5 Å². The molecule has 2 rings (SSSR count). The number of halogens is 4. The quantitative estimate of drug-likeness (QED) is 0.569. The van der Waals surface area contributed by atoms with Gasteiger partial charge in [0.05, 0.1) is 5.56 Å². The lowest BCUT2D eigenvalue weighted by molar-refractivity contribution is -0.150. The van der Waals surface area contributed by atoms with Gasteiger partial charge in [-0.2, -0.15) is 13.2 Å². The maximum absolute atomic E-state index is 12.8. The van der Waals surface area contributed by atoms with E-state index >= 15 is 0 Å². The lowest BCUT2D eigenvalue weighted by atomic mass is 10.1. The third kappa shape index (κ3) is 5.16. The van der Waals surface area contributed by atoms with Crippen LogP contribution in [0.25, 0.3) is 0 Å². The zero-order valence-electron chi connectivity index (χ0n) is 12.7. The lowest BCUT2D eigenvalue weighted by Gasteiger charge is -2.18. The molecular weight excluding hydrogens is 357 g/mol. The van der Waals surface area contributed by atoms with Crippen LogP contribution in [0.2, 0.25) is 5.02 Å². The van der Waals surface area contributed by atoms with Gasteiger partial charge in [-0.05, 0) is 30.3 Å². The zero-order chi connectivity index (χ0) is 18.4. The molecule has 0 fully saturated rings. The van der Waals surface area contributed by atoms with Crippen molar-refractivity contribution in [2.75, 3.05) is 6.61 Å². The zero-order valence-corrected chi connectivity index (χ0v) is 13.5. The standard InChI is InChI=1S/C18H12ClF3O3/c1-2-10-24-17(23)16(12-6-8-14(19)9-7-12)25-15-5-3-4-13(11-15)18(20,21)22/h1,3-9,11,16H,10H2. The number of esters is 1. The van der Waals surface area contributed by atoms with Gasteiger partial charge in [0.2, 0.25) is 6.10 Å². The van der Waals surface area contributed by atoms with Crippen molar-refractivity contribution in [1.82, 2.24) is 0 Å². The Morgan fingerprint density at radius 2 is 1.88 bits per heavy atom. The van der Waals surface area contributed by atoms with E-state index in [2.05, 4.69) is 5.92 Å². The molecule has 0 heterocycles. The van der Waals surface area contributed by atoms with Gasteiger partial charge in [0.1, 0.15) is 5.75 Å². The lowest BCUT2D eigenvalue weighted by Crippen LogP contribution is -2.22. The van der Waals surface area contributed by atoms with Crippen LogP contribution in [0.5, 0.6) is 5.75 Å². The van der Waals surface area contributed by atoms with Gasteiger partial charge in [0.15, 0.2) is 6.61 Å². The molecule has 0 N–H and O–H groups in total. The van der Waals surface area contributed by atoms with E-state index in [0.717, 1.165) is 12.1 Å². The molecule has 25 heavy (non-hydrogen) atoms. The summed E-state index contributed by atoms with van der Waals surface area (Å²) in [7, 11) is 0. The van der Waals surface area contributed by atoms with Crippen molar-refractivity contribution >= 4 is 17.6 Å². The van der Waals surface area contributed by atoms with Gasteiger partial charge in [-0.1, -0.05) is 35.7 Å². The minimum absolute atomic E-state index is 0.132. The average Bonchev–Trinajstić information content (AvgIpc) is 2.58. The molecule has 0 bridgehead atoms. The van der Waals surface area contributed by atoms with Gasteiger partial charge in [0.25, 0.3) is 0 Å². The first-order chi connectivity index (χ1) is 11.8. The molecule has 0 saturated heterocycles. The van der Waals surface area contributed by atoms with Crippen LogP contribution >= 0.6 is 11.6 Å². The molecule has 0 saturated carbocycles.